The second kappa shape index (κ2) is 4.95. The van der Waals surface area contributed by atoms with Crippen molar-refractivity contribution in [2.75, 3.05) is 6.54 Å². The lowest BCUT2D eigenvalue weighted by Gasteiger charge is -2.04. The number of rotatable bonds is 4. The second-order valence-corrected chi connectivity index (χ2v) is 4.16. The number of nitrogens with one attached hydrogen (secondary N) is 1. The van der Waals surface area contributed by atoms with E-state index >= 15 is 0 Å². The predicted octanol–water partition coefficient (Wildman–Crippen LogP) is 1.66. The molecule has 0 bridgehead atoms. The number of hydrogen-bond donors (Lipinski definition) is 1. The number of carbonyl (C=O) groups is 2. The lowest BCUT2D eigenvalue weighted by Crippen LogP contribution is -2.31. The van der Waals surface area contributed by atoms with Gasteiger partial charge in [0.1, 0.15) is 0 Å². The summed E-state index contributed by atoms with van der Waals surface area (Å²) in [6, 6.07) is 5.54. The van der Waals surface area contributed by atoms with Gasteiger partial charge in [0.15, 0.2) is 0 Å². The Labute approximate surface area is 101 Å². The van der Waals surface area contributed by atoms with Crippen LogP contribution in [0.3, 0.4) is 0 Å². The van der Waals surface area contributed by atoms with Crippen LogP contribution in [0.25, 0.3) is 0 Å². The number of fused-ring (bicyclic) bond motifs is 1. The van der Waals surface area contributed by atoms with Crippen LogP contribution in [0.2, 0.25) is 0 Å². The molecule has 1 amide bonds. The number of carbonyl (C=O) groups excluding carboxylic acids is 2. The van der Waals surface area contributed by atoms with Gasteiger partial charge in [-0.15, -0.1) is 6.58 Å². The van der Waals surface area contributed by atoms with Crippen LogP contribution in [-0.4, -0.2) is 18.2 Å². The van der Waals surface area contributed by atoms with E-state index in [-0.39, 0.29) is 0 Å². The molecule has 0 unspecified atom stereocenters. The van der Waals surface area contributed by atoms with Crippen LogP contribution >= 0.6 is 0 Å². The number of amides is 1. The monoisotopic (exact) mass is 229 g/mol. The molecule has 1 N–H and O–H groups in total. The van der Waals surface area contributed by atoms with Crippen molar-refractivity contribution in [2.24, 2.45) is 0 Å². The summed E-state index contributed by atoms with van der Waals surface area (Å²) in [5, 5.41) is 2.49. The van der Waals surface area contributed by atoms with E-state index < -0.39 is 11.7 Å². The van der Waals surface area contributed by atoms with E-state index in [4.69, 9.17) is 0 Å². The maximum absolute atomic E-state index is 11.8. The Morgan fingerprint density at radius 3 is 2.82 bits per heavy atom. The van der Waals surface area contributed by atoms with Crippen LogP contribution < -0.4 is 5.32 Å². The molecule has 88 valence electrons. The Morgan fingerprint density at radius 1 is 1.29 bits per heavy atom. The van der Waals surface area contributed by atoms with Crippen molar-refractivity contribution < 1.29 is 9.59 Å². The van der Waals surface area contributed by atoms with Crippen LogP contribution in [0, 0.1) is 0 Å². The van der Waals surface area contributed by atoms with E-state index in [0.29, 0.717) is 12.1 Å². The van der Waals surface area contributed by atoms with Crippen molar-refractivity contribution in [3.63, 3.8) is 0 Å². The van der Waals surface area contributed by atoms with E-state index in [0.717, 1.165) is 19.3 Å². The first-order valence-electron chi connectivity index (χ1n) is 5.77. The van der Waals surface area contributed by atoms with Gasteiger partial charge in [0.25, 0.3) is 5.91 Å². The quantitative estimate of drug-likeness (QED) is 0.485. The van der Waals surface area contributed by atoms with Crippen LogP contribution in [0.1, 0.15) is 27.9 Å². The highest BCUT2D eigenvalue weighted by molar-refractivity contribution is 6.42. The molecule has 0 fully saturated rings. The molecule has 1 aromatic rings. The largest absolute Gasteiger partial charge is 0.346 e. The molecule has 1 aliphatic carbocycles. The van der Waals surface area contributed by atoms with E-state index in [1.165, 1.54) is 11.1 Å². The SMILES string of the molecule is C=CCNC(=O)C(=O)c1ccc2c(c1)CCC2. The lowest BCUT2D eigenvalue weighted by molar-refractivity contribution is -0.116. The molecular formula is C14H15NO2. The zero-order valence-corrected chi connectivity index (χ0v) is 9.66. The maximum atomic E-state index is 11.8. The van der Waals surface area contributed by atoms with Crippen molar-refractivity contribution in [1.82, 2.24) is 5.32 Å². The molecule has 0 aromatic heterocycles. The Morgan fingerprint density at radius 2 is 2.06 bits per heavy atom. The topological polar surface area (TPSA) is 46.2 Å². The standard InChI is InChI=1S/C14H15NO2/c1-2-8-15-14(17)13(16)12-7-6-10-4-3-5-11(10)9-12/h2,6-7,9H,1,3-5,8H2,(H,15,17). The minimum absolute atomic E-state index is 0.315. The smallest absolute Gasteiger partial charge is 0.292 e. The molecule has 0 heterocycles. The van der Waals surface area contributed by atoms with E-state index in [1.54, 1.807) is 12.1 Å². The molecule has 0 saturated heterocycles. The fraction of sp³-hybridized carbons (Fsp3) is 0.286. The molecule has 2 rings (SSSR count). The highest BCUT2D eigenvalue weighted by Crippen LogP contribution is 2.22. The first kappa shape index (κ1) is 11.6. The van der Waals surface area contributed by atoms with Crippen molar-refractivity contribution in [3.8, 4) is 0 Å². The Kier molecular flexibility index (Phi) is 3.38. The summed E-state index contributed by atoms with van der Waals surface area (Å²) in [4.78, 5) is 23.3. The molecule has 17 heavy (non-hydrogen) atoms. The first-order valence-corrected chi connectivity index (χ1v) is 5.77. The Balaban J connectivity index is 2.14. The van der Waals surface area contributed by atoms with Gasteiger partial charge in [-0.2, -0.15) is 0 Å². The normalized spacial score (nSPS) is 12.9. The maximum Gasteiger partial charge on any atom is 0.292 e. The summed E-state index contributed by atoms with van der Waals surface area (Å²) in [6.45, 7) is 3.80. The first-order chi connectivity index (χ1) is 8.22. The van der Waals surface area contributed by atoms with E-state index in [2.05, 4.69) is 11.9 Å². The number of hydrogen-bond acceptors (Lipinski definition) is 2. The summed E-state index contributed by atoms with van der Waals surface area (Å²) in [5.41, 5.74) is 2.98. The second-order valence-electron chi connectivity index (χ2n) is 4.16. The van der Waals surface area contributed by atoms with Gasteiger partial charge in [-0.3, -0.25) is 9.59 Å². The molecule has 0 radical (unpaired) electrons. The van der Waals surface area contributed by atoms with Crippen molar-refractivity contribution in [2.45, 2.75) is 19.3 Å². The predicted molar refractivity (Wildman–Crippen MR) is 66.0 cm³/mol. The number of Topliss-reactive ketones (excluding diaryl/α,β-unsaturated/α-hetero) is 1. The molecule has 0 aliphatic heterocycles. The number of benzene rings is 1. The summed E-state index contributed by atoms with van der Waals surface area (Å²) < 4.78 is 0. The third-order valence-electron chi connectivity index (χ3n) is 2.97. The highest BCUT2D eigenvalue weighted by Gasteiger charge is 2.18. The molecule has 0 saturated carbocycles. The minimum atomic E-state index is -0.567. The number of ketones is 1. The van der Waals surface area contributed by atoms with Gasteiger partial charge in [0.05, 0.1) is 0 Å². The van der Waals surface area contributed by atoms with Gasteiger partial charge in [-0.25, -0.2) is 0 Å². The Bertz CT molecular complexity index is 477. The number of aryl methyl sites for hydroxylation is 2. The third kappa shape index (κ3) is 2.44. The van der Waals surface area contributed by atoms with Gasteiger partial charge in [-0.05, 0) is 36.5 Å². The van der Waals surface area contributed by atoms with Crippen LogP contribution in [0.15, 0.2) is 30.9 Å². The molecule has 0 spiro atoms. The minimum Gasteiger partial charge on any atom is -0.346 e. The fourth-order valence-electron chi connectivity index (χ4n) is 2.09. The zero-order valence-electron chi connectivity index (χ0n) is 9.66. The molecule has 1 aliphatic rings. The third-order valence-corrected chi connectivity index (χ3v) is 2.97. The summed E-state index contributed by atoms with van der Waals surface area (Å²) in [5.74, 6) is -1.04. The lowest BCUT2D eigenvalue weighted by atomic mass is 10.0. The van der Waals surface area contributed by atoms with Gasteiger partial charge >= 0.3 is 0 Å². The zero-order chi connectivity index (χ0) is 12.3. The van der Waals surface area contributed by atoms with Crippen molar-refractivity contribution >= 4 is 11.7 Å². The van der Waals surface area contributed by atoms with Crippen LogP contribution in [0.5, 0.6) is 0 Å². The van der Waals surface area contributed by atoms with E-state index in [9.17, 15) is 9.59 Å². The summed E-state index contributed by atoms with van der Waals surface area (Å²) >= 11 is 0. The molecule has 0 atom stereocenters. The highest BCUT2D eigenvalue weighted by atomic mass is 16.2. The van der Waals surface area contributed by atoms with Crippen molar-refractivity contribution in [1.29, 1.82) is 0 Å². The molecular weight excluding hydrogens is 214 g/mol. The van der Waals surface area contributed by atoms with Crippen LogP contribution in [-0.2, 0) is 17.6 Å². The fourth-order valence-corrected chi connectivity index (χ4v) is 2.09. The van der Waals surface area contributed by atoms with E-state index in [1.807, 2.05) is 12.1 Å². The summed E-state index contributed by atoms with van der Waals surface area (Å²) in [7, 11) is 0. The molecule has 1 aromatic carbocycles. The van der Waals surface area contributed by atoms with Gasteiger partial charge in [0.2, 0.25) is 5.78 Å². The average Bonchev–Trinajstić information content (AvgIpc) is 2.81. The van der Waals surface area contributed by atoms with Gasteiger partial charge in [0, 0.05) is 12.1 Å². The van der Waals surface area contributed by atoms with Gasteiger partial charge in [-0.1, -0.05) is 18.2 Å². The summed E-state index contributed by atoms with van der Waals surface area (Å²) in [6.07, 6.45) is 4.76. The van der Waals surface area contributed by atoms with Crippen LogP contribution in [0.4, 0.5) is 0 Å². The average molecular weight is 229 g/mol. The molecule has 3 heteroatoms. The Hall–Kier alpha value is -1.90. The van der Waals surface area contributed by atoms with Gasteiger partial charge < -0.3 is 5.32 Å². The van der Waals surface area contributed by atoms with Crippen molar-refractivity contribution in [3.05, 3.63) is 47.5 Å². The molecule has 3 nitrogen and oxygen atoms in total.